The highest BCUT2D eigenvalue weighted by molar-refractivity contribution is 5.89. The van der Waals surface area contributed by atoms with E-state index in [1.165, 1.54) is 0 Å². The average molecular weight is 335 g/mol. The van der Waals surface area contributed by atoms with Gasteiger partial charge in [0.15, 0.2) is 0 Å². The number of benzene rings is 1. The maximum atomic E-state index is 11.8. The summed E-state index contributed by atoms with van der Waals surface area (Å²) in [5.74, 6) is 0.650. The molecule has 6 nitrogen and oxygen atoms in total. The van der Waals surface area contributed by atoms with Crippen molar-refractivity contribution in [1.82, 2.24) is 4.90 Å². The molecule has 0 aromatic heterocycles. The zero-order valence-electron chi connectivity index (χ0n) is 14.7. The fourth-order valence-corrected chi connectivity index (χ4v) is 2.27. The molecule has 0 unspecified atom stereocenters. The number of carbonyl (C=O) groups is 2. The van der Waals surface area contributed by atoms with Crippen molar-refractivity contribution < 1.29 is 23.8 Å². The Balaban J connectivity index is 1.72. The number of hydrogen-bond donors (Lipinski definition) is 0. The van der Waals surface area contributed by atoms with Gasteiger partial charge < -0.3 is 19.1 Å². The predicted octanol–water partition coefficient (Wildman–Crippen LogP) is 3.11. The fraction of sp³-hybridized carbons (Fsp3) is 0.556. The van der Waals surface area contributed by atoms with Gasteiger partial charge in [-0.1, -0.05) is 0 Å². The number of rotatable bonds is 5. The van der Waals surface area contributed by atoms with Crippen LogP contribution in [0.15, 0.2) is 24.3 Å². The number of ether oxygens (including phenoxy) is 3. The van der Waals surface area contributed by atoms with Crippen LogP contribution in [0.2, 0.25) is 0 Å². The highest BCUT2D eigenvalue weighted by atomic mass is 16.6. The smallest absolute Gasteiger partial charge is 0.410 e. The SMILES string of the molecule is CCOC(=O)c1ccc(OCC2CN(C(=O)OC(C)(C)C)C2)cc1. The molecule has 6 heteroatoms. The molecule has 1 aliphatic heterocycles. The van der Waals surface area contributed by atoms with Crippen molar-refractivity contribution in [1.29, 1.82) is 0 Å². The summed E-state index contributed by atoms with van der Waals surface area (Å²) in [5, 5.41) is 0. The van der Waals surface area contributed by atoms with Gasteiger partial charge >= 0.3 is 12.1 Å². The van der Waals surface area contributed by atoms with Crippen molar-refractivity contribution in [3.63, 3.8) is 0 Å². The molecule has 132 valence electrons. The summed E-state index contributed by atoms with van der Waals surface area (Å²) in [6.45, 7) is 9.48. The van der Waals surface area contributed by atoms with E-state index in [0.717, 1.165) is 0 Å². The maximum Gasteiger partial charge on any atom is 0.410 e. The molecule has 1 aromatic carbocycles. The lowest BCUT2D eigenvalue weighted by Crippen LogP contribution is -2.53. The van der Waals surface area contributed by atoms with Gasteiger partial charge in [-0.05, 0) is 52.0 Å². The first kappa shape index (κ1) is 18.1. The standard InChI is InChI=1S/C18H25NO5/c1-5-22-16(20)14-6-8-15(9-7-14)23-12-13-10-19(11-13)17(21)24-18(2,3)4/h6-9,13H,5,10-12H2,1-4H3. The lowest BCUT2D eigenvalue weighted by Gasteiger charge is -2.39. The molecule has 1 aliphatic rings. The number of amides is 1. The van der Waals surface area contributed by atoms with Crippen LogP contribution in [0.5, 0.6) is 5.75 Å². The Kier molecular flexibility index (Phi) is 5.70. The third kappa shape index (κ3) is 5.15. The Hall–Kier alpha value is -2.24. The van der Waals surface area contributed by atoms with Gasteiger partial charge in [0.1, 0.15) is 11.4 Å². The van der Waals surface area contributed by atoms with E-state index < -0.39 is 5.60 Å². The first-order valence-corrected chi connectivity index (χ1v) is 8.16. The van der Waals surface area contributed by atoms with E-state index >= 15 is 0 Å². The van der Waals surface area contributed by atoms with Gasteiger partial charge in [-0.15, -0.1) is 0 Å². The van der Waals surface area contributed by atoms with Crippen LogP contribution in [-0.4, -0.2) is 48.9 Å². The molecular formula is C18H25NO5. The van der Waals surface area contributed by atoms with Gasteiger partial charge in [0.25, 0.3) is 0 Å². The quantitative estimate of drug-likeness (QED) is 0.774. The van der Waals surface area contributed by atoms with Crippen molar-refractivity contribution in [2.45, 2.75) is 33.3 Å². The number of hydrogen-bond acceptors (Lipinski definition) is 5. The van der Waals surface area contributed by atoms with E-state index in [-0.39, 0.29) is 12.1 Å². The molecule has 1 fully saturated rings. The molecule has 1 aromatic rings. The Morgan fingerprint density at radius 3 is 2.33 bits per heavy atom. The molecule has 0 atom stereocenters. The van der Waals surface area contributed by atoms with Crippen LogP contribution in [0.3, 0.4) is 0 Å². The minimum absolute atomic E-state index is 0.280. The predicted molar refractivity (Wildman–Crippen MR) is 89.2 cm³/mol. The Bertz CT molecular complexity index is 570. The lowest BCUT2D eigenvalue weighted by molar-refractivity contribution is -0.00781. The largest absolute Gasteiger partial charge is 0.493 e. The van der Waals surface area contributed by atoms with Crippen LogP contribution < -0.4 is 4.74 Å². The van der Waals surface area contributed by atoms with E-state index in [0.29, 0.717) is 43.5 Å². The number of esters is 1. The van der Waals surface area contributed by atoms with Crippen LogP contribution in [0.25, 0.3) is 0 Å². The van der Waals surface area contributed by atoms with Crippen LogP contribution in [0.1, 0.15) is 38.1 Å². The van der Waals surface area contributed by atoms with Gasteiger partial charge in [0, 0.05) is 19.0 Å². The first-order valence-electron chi connectivity index (χ1n) is 8.16. The molecule has 1 amide bonds. The highest BCUT2D eigenvalue weighted by Gasteiger charge is 2.34. The molecule has 0 spiro atoms. The third-order valence-electron chi connectivity index (χ3n) is 3.46. The molecule has 1 saturated heterocycles. The summed E-state index contributed by atoms with van der Waals surface area (Å²) in [5.41, 5.74) is 0.0308. The molecule has 1 heterocycles. The summed E-state index contributed by atoms with van der Waals surface area (Å²) in [7, 11) is 0. The van der Waals surface area contributed by atoms with Crippen molar-refractivity contribution in [2.75, 3.05) is 26.3 Å². The van der Waals surface area contributed by atoms with Crippen LogP contribution >= 0.6 is 0 Å². The summed E-state index contributed by atoms with van der Waals surface area (Å²) < 4.78 is 15.9. The van der Waals surface area contributed by atoms with E-state index in [1.807, 2.05) is 20.8 Å². The zero-order valence-corrected chi connectivity index (χ0v) is 14.7. The molecule has 2 rings (SSSR count). The van der Waals surface area contributed by atoms with Gasteiger partial charge in [0.2, 0.25) is 0 Å². The fourth-order valence-electron chi connectivity index (χ4n) is 2.27. The summed E-state index contributed by atoms with van der Waals surface area (Å²) in [6.07, 6.45) is -0.280. The third-order valence-corrected chi connectivity index (χ3v) is 3.46. The second-order valence-corrected chi connectivity index (χ2v) is 6.81. The van der Waals surface area contributed by atoms with E-state index in [9.17, 15) is 9.59 Å². The second-order valence-electron chi connectivity index (χ2n) is 6.81. The Morgan fingerprint density at radius 2 is 1.79 bits per heavy atom. The molecule has 0 saturated carbocycles. The molecule has 24 heavy (non-hydrogen) atoms. The summed E-state index contributed by atoms with van der Waals surface area (Å²) in [4.78, 5) is 25.1. The van der Waals surface area contributed by atoms with Crippen LogP contribution in [-0.2, 0) is 9.47 Å². The van der Waals surface area contributed by atoms with Crippen LogP contribution in [0, 0.1) is 5.92 Å². The number of likely N-dealkylation sites (tertiary alicyclic amines) is 1. The Morgan fingerprint density at radius 1 is 1.17 bits per heavy atom. The van der Waals surface area contributed by atoms with E-state index in [4.69, 9.17) is 14.2 Å². The molecule has 0 aliphatic carbocycles. The van der Waals surface area contributed by atoms with Crippen LogP contribution in [0.4, 0.5) is 4.79 Å². The van der Waals surface area contributed by atoms with Gasteiger partial charge in [-0.3, -0.25) is 0 Å². The maximum absolute atomic E-state index is 11.8. The normalized spacial score (nSPS) is 14.8. The zero-order chi connectivity index (χ0) is 17.7. The molecular weight excluding hydrogens is 310 g/mol. The summed E-state index contributed by atoms with van der Waals surface area (Å²) >= 11 is 0. The second kappa shape index (κ2) is 7.55. The highest BCUT2D eigenvalue weighted by Crippen LogP contribution is 2.21. The van der Waals surface area contributed by atoms with Gasteiger partial charge in [0.05, 0.1) is 18.8 Å². The first-order chi connectivity index (χ1) is 11.3. The van der Waals surface area contributed by atoms with Crippen molar-refractivity contribution in [2.24, 2.45) is 5.92 Å². The number of carbonyl (C=O) groups excluding carboxylic acids is 2. The monoisotopic (exact) mass is 335 g/mol. The topological polar surface area (TPSA) is 65.1 Å². The average Bonchev–Trinajstić information content (AvgIpc) is 2.44. The lowest BCUT2D eigenvalue weighted by atomic mass is 10.0. The van der Waals surface area contributed by atoms with E-state index in [2.05, 4.69) is 0 Å². The van der Waals surface area contributed by atoms with Gasteiger partial charge in [-0.2, -0.15) is 0 Å². The molecule has 0 bridgehead atoms. The molecule has 0 N–H and O–H groups in total. The number of nitrogens with zero attached hydrogens (tertiary/aromatic N) is 1. The minimum Gasteiger partial charge on any atom is -0.493 e. The van der Waals surface area contributed by atoms with Crippen molar-refractivity contribution >= 4 is 12.1 Å². The molecule has 0 radical (unpaired) electrons. The Labute approximate surface area is 142 Å². The minimum atomic E-state index is -0.473. The van der Waals surface area contributed by atoms with Crippen molar-refractivity contribution in [3.8, 4) is 5.75 Å². The van der Waals surface area contributed by atoms with Gasteiger partial charge in [-0.25, -0.2) is 9.59 Å². The van der Waals surface area contributed by atoms with E-state index in [1.54, 1.807) is 36.1 Å². The van der Waals surface area contributed by atoms with Crippen molar-refractivity contribution in [3.05, 3.63) is 29.8 Å². The summed E-state index contributed by atoms with van der Waals surface area (Å²) in [6, 6.07) is 6.86.